The van der Waals surface area contributed by atoms with Gasteiger partial charge in [-0.3, -0.25) is 4.79 Å². The molecule has 21 heavy (non-hydrogen) atoms. The maximum absolute atomic E-state index is 12.3. The summed E-state index contributed by atoms with van der Waals surface area (Å²) in [6, 6.07) is 6.92. The number of quaternary nitrogens is 1. The molecule has 1 aromatic carbocycles. The molecule has 2 amide bonds. The number of carbonyl (C=O) groups excluding carboxylic acids is 2. The van der Waals surface area contributed by atoms with Crippen LogP contribution in [0.3, 0.4) is 0 Å². The number of anilines is 1. The second kappa shape index (κ2) is 5.54. The predicted octanol–water partition coefficient (Wildman–Crippen LogP) is 1.64. The van der Waals surface area contributed by atoms with Gasteiger partial charge in [-0.1, -0.05) is 24.8 Å². The fraction of sp³-hybridized carbons (Fsp3) is 0.250. The van der Waals surface area contributed by atoms with Gasteiger partial charge in [0.15, 0.2) is 0 Å². The topological polar surface area (TPSA) is 72.2 Å². The predicted molar refractivity (Wildman–Crippen MR) is 82.4 cm³/mol. The fourth-order valence-corrected chi connectivity index (χ4v) is 2.07. The SMILES string of the molecule is C=C(C(=O)[N+]1(C)CC1)C(=CC)Nc1ccccc1C(N)=O. The number of nitrogens with two attached hydrogens (primary N) is 1. The molecule has 1 aromatic rings. The molecule has 5 heteroatoms. The maximum Gasteiger partial charge on any atom is 0.347 e. The molecule has 1 fully saturated rings. The minimum Gasteiger partial charge on any atom is -0.366 e. The normalized spacial score (nSPS) is 16.2. The molecule has 0 aliphatic carbocycles. The van der Waals surface area contributed by atoms with Gasteiger partial charge in [0.2, 0.25) is 0 Å². The summed E-state index contributed by atoms with van der Waals surface area (Å²) in [6.07, 6.45) is 1.77. The number of amides is 2. The number of primary amides is 1. The number of para-hydroxylation sites is 1. The van der Waals surface area contributed by atoms with Crippen LogP contribution in [0.4, 0.5) is 5.69 Å². The number of carbonyl (C=O) groups is 2. The summed E-state index contributed by atoms with van der Waals surface area (Å²) >= 11 is 0. The number of likely N-dealkylation sites (N-methyl/N-ethyl adjacent to an activating group) is 1. The lowest BCUT2D eigenvalue weighted by Gasteiger charge is -2.16. The standard InChI is InChI=1S/C16H19N3O2/c1-4-13(11(2)16(21)19(3)9-10-19)18-14-8-6-5-7-12(14)15(17)20/h4-8H,2,9-10H2,1,3H3,(H2-,17,18,20)/p+1. The average molecular weight is 286 g/mol. The van der Waals surface area contributed by atoms with E-state index in [4.69, 9.17) is 5.73 Å². The lowest BCUT2D eigenvalue weighted by atomic mass is 10.1. The molecule has 5 nitrogen and oxygen atoms in total. The number of allylic oxidation sites excluding steroid dienone is 1. The molecule has 0 spiro atoms. The van der Waals surface area contributed by atoms with E-state index >= 15 is 0 Å². The molecule has 1 heterocycles. The van der Waals surface area contributed by atoms with Gasteiger partial charge in [0, 0.05) is 0 Å². The van der Waals surface area contributed by atoms with Gasteiger partial charge in [0.1, 0.15) is 13.1 Å². The first-order valence-electron chi connectivity index (χ1n) is 6.80. The smallest absolute Gasteiger partial charge is 0.347 e. The average Bonchev–Trinajstić information content (AvgIpc) is 3.22. The molecule has 0 radical (unpaired) electrons. The molecule has 3 N–H and O–H groups in total. The van der Waals surface area contributed by atoms with Crippen LogP contribution in [-0.4, -0.2) is 36.4 Å². The highest BCUT2D eigenvalue weighted by molar-refractivity contribution is 6.00. The van der Waals surface area contributed by atoms with Crippen molar-refractivity contribution in [2.75, 3.05) is 25.5 Å². The largest absolute Gasteiger partial charge is 0.366 e. The zero-order chi connectivity index (χ0) is 15.6. The Morgan fingerprint density at radius 2 is 1.95 bits per heavy atom. The van der Waals surface area contributed by atoms with Crippen molar-refractivity contribution >= 4 is 17.5 Å². The molecular weight excluding hydrogens is 266 g/mol. The van der Waals surface area contributed by atoms with Gasteiger partial charge < -0.3 is 11.1 Å². The quantitative estimate of drug-likeness (QED) is 0.374. The molecule has 1 aliphatic rings. The molecule has 0 atom stereocenters. The molecule has 0 unspecified atom stereocenters. The van der Waals surface area contributed by atoms with Crippen molar-refractivity contribution < 1.29 is 14.1 Å². The van der Waals surface area contributed by atoms with Gasteiger partial charge in [0.25, 0.3) is 5.91 Å². The zero-order valence-electron chi connectivity index (χ0n) is 12.3. The third-order valence-electron chi connectivity index (χ3n) is 3.72. The van der Waals surface area contributed by atoms with E-state index < -0.39 is 5.91 Å². The fourth-order valence-electron chi connectivity index (χ4n) is 2.07. The summed E-state index contributed by atoms with van der Waals surface area (Å²) in [5.74, 6) is -0.525. The number of benzene rings is 1. The lowest BCUT2D eigenvalue weighted by molar-refractivity contribution is -0.691. The van der Waals surface area contributed by atoms with Crippen molar-refractivity contribution in [3.63, 3.8) is 0 Å². The Bertz CT molecular complexity index is 643. The monoisotopic (exact) mass is 286 g/mol. The number of nitrogens with zero attached hydrogens (tertiary/aromatic N) is 1. The first-order valence-corrected chi connectivity index (χ1v) is 6.80. The van der Waals surface area contributed by atoms with Crippen LogP contribution in [0.25, 0.3) is 0 Å². The van der Waals surface area contributed by atoms with Crippen LogP contribution in [-0.2, 0) is 4.79 Å². The van der Waals surface area contributed by atoms with Crippen molar-refractivity contribution in [1.82, 2.24) is 0 Å². The highest BCUT2D eigenvalue weighted by Crippen LogP contribution is 2.26. The van der Waals surface area contributed by atoms with E-state index in [1.165, 1.54) is 0 Å². The summed E-state index contributed by atoms with van der Waals surface area (Å²) in [6.45, 7) is 7.39. The lowest BCUT2D eigenvalue weighted by Crippen LogP contribution is -2.31. The molecule has 1 aliphatic heterocycles. The van der Waals surface area contributed by atoms with Crippen LogP contribution in [0.2, 0.25) is 0 Å². The van der Waals surface area contributed by atoms with Crippen molar-refractivity contribution in [2.24, 2.45) is 5.73 Å². The highest BCUT2D eigenvalue weighted by atomic mass is 16.2. The second-order valence-corrected chi connectivity index (χ2v) is 5.36. The van der Waals surface area contributed by atoms with Crippen molar-refractivity contribution in [3.8, 4) is 0 Å². The van der Waals surface area contributed by atoms with Crippen molar-refractivity contribution in [3.05, 3.63) is 53.8 Å². The van der Waals surface area contributed by atoms with Gasteiger partial charge >= 0.3 is 5.91 Å². The first kappa shape index (κ1) is 15.0. The third kappa shape index (κ3) is 3.03. The van der Waals surface area contributed by atoms with Crippen LogP contribution in [0.1, 0.15) is 17.3 Å². The molecule has 2 rings (SSSR count). The molecule has 0 aromatic heterocycles. The maximum atomic E-state index is 12.3. The van der Waals surface area contributed by atoms with Crippen molar-refractivity contribution in [1.29, 1.82) is 0 Å². The van der Waals surface area contributed by atoms with Gasteiger partial charge in [-0.25, -0.2) is 9.28 Å². The van der Waals surface area contributed by atoms with E-state index in [-0.39, 0.29) is 5.91 Å². The zero-order valence-corrected chi connectivity index (χ0v) is 12.3. The van der Waals surface area contributed by atoms with Gasteiger partial charge in [-0.2, -0.15) is 0 Å². The van der Waals surface area contributed by atoms with Gasteiger partial charge in [-0.15, -0.1) is 0 Å². The summed E-state index contributed by atoms with van der Waals surface area (Å²) in [5.41, 5.74) is 7.32. The molecule has 0 bridgehead atoms. The second-order valence-electron chi connectivity index (χ2n) is 5.36. The Hall–Kier alpha value is -2.40. The Morgan fingerprint density at radius 1 is 1.33 bits per heavy atom. The van der Waals surface area contributed by atoms with E-state index in [0.717, 1.165) is 13.1 Å². The van der Waals surface area contributed by atoms with Gasteiger partial charge in [0.05, 0.1) is 29.6 Å². The van der Waals surface area contributed by atoms with E-state index in [2.05, 4.69) is 11.9 Å². The Morgan fingerprint density at radius 3 is 2.48 bits per heavy atom. The molecule has 1 saturated heterocycles. The van der Waals surface area contributed by atoms with E-state index in [9.17, 15) is 9.59 Å². The Kier molecular flexibility index (Phi) is 3.95. The van der Waals surface area contributed by atoms with Crippen molar-refractivity contribution in [2.45, 2.75) is 6.92 Å². The minimum atomic E-state index is -0.518. The minimum absolute atomic E-state index is 0.00726. The summed E-state index contributed by atoms with van der Waals surface area (Å²) in [5, 5.41) is 3.09. The van der Waals surface area contributed by atoms with E-state index in [1.54, 1.807) is 30.3 Å². The van der Waals surface area contributed by atoms with E-state index in [1.807, 2.05) is 14.0 Å². The summed E-state index contributed by atoms with van der Waals surface area (Å²) in [7, 11) is 1.89. The number of hydrogen-bond acceptors (Lipinski definition) is 3. The Balaban J connectivity index is 2.23. The molecule has 0 saturated carbocycles. The number of nitrogens with one attached hydrogen (secondary N) is 1. The van der Waals surface area contributed by atoms with E-state index in [0.29, 0.717) is 27.0 Å². The van der Waals surface area contributed by atoms with Gasteiger partial charge in [-0.05, 0) is 19.1 Å². The summed E-state index contributed by atoms with van der Waals surface area (Å²) in [4.78, 5) is 23.8. The highest BCUT2D eigenvalue weighted by Gasteiger charge is 2.46. The van der Waals surface area contributed by atoms with Crippen LogP contribution in [0, 0.1) is 0 Å². The first-order chi connectivity index (χ1) is 9.89. The number of rotatable bonds is 5. The molecular formula is C16H20N3O2+. The van der Waals surface area contributed by atoms with Crippen LogP contribution >= 0.6 is 0 Å². The Labute approximate surface area is 124 Å². The summed E-state index contributed by atoms with van der Waals surface area (Å²) < 4.78 is 0.384. The van der Waals surface area contributed by atoms with Crippen LogP contribution in [0.15, 0.2) is 48.2 Å². The van der Waals surface area contributed by atoms with Crippen LogP contribution < -0.4 is 11.1 Å². The third-order valence-corrected chi connectivity index (χ3v) is 3.72. The molecule has 110 valence electrons. The number of hydrogen-bond donors (Lipinski definition) is 2. The van der Waals surface area contributed by atoms with Crippen LogP contribution in [0.5, 0.6) is 0 Å².